The van der Waals surface area contributed by atoms with Crippen LogP contribution in [0.2, 0.25) is 0 Å². The van der Waals surface area contributed by atoms with Crippen LogP contribution in [-0.4, -0.2) is 21.0 Å². The van der Waals surface area contributed by atoms with E-state index in [0.717, 1.165) is 17.5 Å². The highest BCUT2D eigenvalue weighted by atomic mass is 19.1. The van der Waals surface area contributed by atoms with Crippen molar-refractivity contribution in [3.05, 3.63) is 70.3 Å². The van der Waals surface area contributed by atoms with Gasteiger partial charge < -0.3 is 4.74 Å². The maximum Gasteiger partial charge on any atom is 0.318 e. The van der Waals surface area contributed by atoms with Crippen molar-refractivity contribution in [2.45, 2.75) is 37.8 Å². The van der Waals surface area contributed by atoms with Gasteiger partial charge in [-0.15, -0.1) is 5.10 Å². The van der Waals surface area contributed by atoms with Crippen LogP contribution in [0.1, 0.15) is 31.2 Å². The van der Waals surface area contributed by atoms with Crippen molar-refractivity contribution in [2.24, 2.45) is 0 Å². The molecule has 0 bridgehead atoms. The molecule has 1 heterocycles. The maximum absolute atomic E-state index is 13.7. The van der Waals surface area contributed by atoms with Gasteiger partial charge in [-0.25, -0.2) is 4.39 Å². The Morgan fingerprint density at radius 2 is 1.93 bits per heavy atom. The molecule has 3 aromatic rings. The van der Waals surface area contributed by atoms with E-state index in [4.69, 9.17) is 4.74 Å². The van der Waals surface area contributed by atoms with E-state index in [1.54, 1.807) is 36.4 Å². The minimum atomic E-state index is -0.879. The number of ether oxygens (including phenoxy) is 1. The van der Waals surface area contributed by atoms with E-state index < -0.39 is 11.4 Å². The van der Waals surface area contributed by atoms with Gasteiger partial charge in [0.2, 0.25) is 0 Å². The van der Waals surface area contributed by atoms with E-state index in [0.29, 0.717) is 29.3 Å². The number of halogens is 1. The SMILES string of the molecule is O=C(OCn1nnc2ccccc2c1=O)C1(c2cccc(F)c2)CCCC1. The van der Waals surface area contributed by atoms with Crippen molar-refractivity contribution in [2.75, 3.05) is 0 Å². The lowest BCUT2D eigenvalue weighted by Gasteiger charge is -2.27. The minimum Gasteiger partial charge on any atom is -0.441 e. The fourth-order valence-corrected chi connectivity index (χ4v) is 3.74. The summed E-state index contributed by atoms with van der Waals surface area (Å²) in [6, 6.07) is 12.9. The maximum atomic E-state index is 13.7. The van der Waals surface area contributed by atoms with Crippen LogP contribution in [0.5, 0.6) is 0 Å². The molecule has 0 unspecified atom stereocenters. The van der Waals surface area contributed by atoms with Crippen molar-refractivity contribution in [1.82, 2.24) is 15.0 Å². The van der Waals surface area contributed by atoms with Crippen LogP contribution in [0.25, 0.3) is 10.9 Å². The van der Waals surface area contributed by atoms with Crippen LogP contribution in [0, 0.1) is 5.82 Å². The fraction of sp³-hybridized carbons (Fsp3) is 0.300. The Morgan fingerprint density at radius 3 is 2.70 bits per heavy atom. The van der Waals surface area contributed by atoms with E-state index in [-0.39, 0.29) is 18.1 Å². The van der Waals surface area contributed by atoms with Crippen LogP contribution in [-0.2, 0) is 21.7 Å². The summed E-state index contributed by atoms with van der Waals surface area (Å²) in [6.45, 7) is -0.327. The lowest BCUT2D eigenvalue weighted by molar-refractivity contribution is -0.155. The molecule has 138 valence electrons. The largest absolute Gasteiger partial charge is 0.441 e. The third kappa shape index (κ3) is 3.09. The summed E-state index contributed by atoms with van der Waals surface area (Å²) >= 11 is 0. The van der Waals surface area contributed by atoms with Gasteiger partial charge in [0.15, 0.2) is 6.73 Å². The Kier molecular flexibility index (Phi) is 4.43. The molecule has 0 spiro atoms. The molecule has 1 fully saturated rings. The normalized spacial score (nSPS) is 15.7. The fourth-order valence-electron chi connectivity index (χ4n) is 3.74. The van der Waals surface area contributed by atoms with Crippen LogP contribution in [0.3, 0.4) is 0 Å². The van der Waals surface area contributed by atoms with Crippen LogP contribution in [0.15, 0.2) is 53.3 Å². The molecule has 7 heteroatoms. The zero-order valence-electron chi connectivity index (χ0n) is 14.6. The van der Waals surface area contributed by atoms with E-state index in [9.17, 15) is 14.0 Å². The number of aromatic nitrogens is 3. The van der Waals surface area contributed by atoms with Gasteiger partial charge in [-0.1, -0.05) is 42.3 Å². The second kappa shape index (κ2) is 6.90. The number of hydrogen-bond acceptors (Lipinski definition) is 5. The first-order chi connectivity index (χ1) is 13.1. The topological polar surface area (TPSA) is 74.1 Å². The number of nitrogens with zero attached hydrogens (tertiary/aromatic N) is 3. The highest BCUT2D eigenvalue weighted by Crippen LogP contribution is 2.42. The van der Waals surface area contributed by atoms with E-state index >= 15 is 0 Å². The molecule has 0 saturated heterocycles. The lowest BCUT2D eigenvalue weighted by Crippen LogP contribution is -2.36. The van der Waals surface area contributed by atoms with Gasteiger partial charge in [-0.3, -0.25) is 9.59 Å². The van der Waals surface area contributed by atoms with Gasteiger partial charge in [0.25, 0.3) is 5.56 Å². The van der Waals surface area contributed by atoms with Gasteiger partial charge in [0.1, 0.15) is 11.3 Å². The molecule has 1 saturated carbocycles. The summed E-state index contributed by atoms with van der Waals surface area (Å²) in [6.07, 6.45) is 2.91. The average Bonchev–Trinajstić information content (AvgIpc) is 3.19. The molecule has 1 aromatic heterocycles. The first-order valence-corrected chi connectivity index (χ1v) is 8.86. The molecule has 27 heavy (non-hydrogen) atoms. The first kappa shape index (κ1) is 17.3. The molecule has 0 aliphatic heterocycles. The molecule has 1 aliphatic rings. The summed E-state index contributed by atoms with van der Waals surface area (Å²) in [7, 11) is 0. The highest BCUT2D eigenvalue weighted by molar-refractivity contribution is 5.83. The number of hydrogen-bond donors (Lipinski definition) is 0. The Labute approximate surface area is 154 Å². The molecule has 0 amide bonds. The van der Waals surface area contributed by atoms with Crippen LogP contribution < -0.4 is 5.56 Å². The number of carbonyl (C=O) groups is 1. The number of esters is 1. The molecular weight excluding hydrogens is 349 g/mol. The van der Waals surface area contributed by atoms with Crippen molar-refractivity contribution < 1.29 is 13.9 Å². The molecule has 1 aliphatic carbocycles. The highest BCUT2D eigenvalue weighted by Gasteiger charge is 2.44. The zero-order chi connectivity index (χ0) is 18.9. The van der Waals surface area contributed by atoms with E-state index in [1.165, 1.54) is 12.1 Å². The van der Waals surface area contributed by atoms with Gasteiger partial charge in [-0.2, -0.15) is 4.68 Å². The predicted molar refractivity (Wildman–Crippen MR) is 96.4 cm³/mol. The third-order valence-corrected chi connectivity index (χ3v) is 5.17. The Bertz CT molecular complexity index is 1060. The number of carbonyl (C=O) groups excluding carboxylic acids is 1. The molecule has 6 nitrogen and oxygen atoms in total. The molecule has 0 radical (unpaired) electrons. The molecular formula is C20H18FN3O3. The first-order valence-electron chi connectivity index (χ1n) is 8.86. The van der Waals surface area contributed by atoms with Gasteiger partial charge in [-0.05, 0) is 42.7 Å². The molecule has 0 atom stereocenters. The quantitative estimate of drug-likeness (QED) is 0.663. The molecule has 4 rings (SSSR count). The summed E-state index contributed by atoms with van der Waals surface area (Å²) in [4.78, 5) is 25.4. The van der Waals surface area contributed by atoms with E-state index in [1.807, 2.05) is 0 Å². The second-order valence-corrected chi connectivity index (χ2v) is 6.77. The standard InChI is InChI=1S/C20H18FN3O3/c21-15-7-5-6-14(12-15)20(10-3-4-11-20)19(26)27-13-24-18(25)16-8-1-2-9-17(16)22-23-24/h1-2,5-9,12H,3-4,10-11,13H2. The summed E-state index contributed by atoms with van der Waals surface area (Å²) in [5.74, 6) is -0.851. The molecule has 0 N–H and O–H groups in total. The summed E-state index contributed by atoms with van der Waals surface area (Å²) in [5, 5.41) is 8.21. The Morgan fingerprint density at radius 1 is 1.15 bits per heavy atom. The summed E-state index contributed by atoms with van der Waals surface area (Å²) < 4.78 is 20.2. The predicted octanol–water partition coefficient (Wildman–Crippen LogP) is 2.94. The van der Waals surface area contributed by atoms with Crippen molar-refractivity contribution in [3.8, 4) is 0 Å². The van der Waals surface area contributed by atoms with Gasteiger partial charge in [0, 0.05) is 0 Å². The van der Waals surface area contributed by atoms with Crippen molar-refractivity contribution in [3.63, 3.8) is 0 Å². The number of rotatable bonds is 4. The zero-order valence-corrected chi connectivity index (χ0v) is 14.6. The molecule has 2 aromatic carbocycles. The summed E-state index contributed by atoms with van der Waals surface area (Å²) in [5.41, 5.74) is -0.158. The smallest absolute Gasteiger partial charge is 0.318 e. The number of fused-ring (bicyclic) bond motifs is 1. The second-order valence-electron chi connectivity index (χ2n) is 6.77. The van der Waals surface area contributed by atoms with Gasteiger partial charge in [0.05, 0.1) is 10.8 Å². The Hall–Kier alpha value is -3.09. The van der Waals surface area contributed by atoms with Crippen molar-refractivity contribution >= 4 is 16.9 Å². The monoisotopic (exact) mass is 367 g/mol. The van der Waals surface area contributed by atoms with Crippen molar-refractivity contribution in [1.29, 1.82) is 0 Å². The minimum absolute atomic E-state index is 0.327. The van der Waals surface area contributed by atoms with Crippen LogP contribution in [0.4, 0.5) is 4.39 Å². The lowest BCUT2D eigenvalue weighted by atomic mass is 9.79. The van der Waals surface area contributed by atoms with E-state index in [2.05, 4.69) is 10.3 Å². The van der Waals surface area contributed by atoms with Gasteiger partial charge >= 0.3 is 5.97 Å². The Balaban J connectivity index is 1.60. The third-order valence-electron chi connectivity index (χ3n) is 5.17. The van der Waals surface area contributed by atoms with Crippen LogP contribution >= 0.6 is 0 Å². The average molecular weight is 367 g/mol. The number of benzene rings is 2.